The molecule has 12 heterocycles. The Labute approximate surface area is 703 Å². The molecule has 3 amide bonds. The van der Waals surface area contributed by atoms with E-state index in [2.05, 4.69) is 105 Å². The van der Waals surface area contributed by atoms with Crippen LogP contribution in [-0.4, -0.2) is 258 Å². The number of nitrogens with zero attached hydrogens (tertiary/aromatic N) is 14. The lowest BCUT2D eigenvalue weighted by Crippen LogP contribution is -2.46. The number of morpholine rings is 3. The SMILES string of the molecule is CCN1CCN(c2ccc(Nc3ncnc(Oc4cc(F)c5[nH]c(C)cc5c4F)c3C(=O)N3CCOCC3)cc2)CC1.Cc1cc2c(F)c(Oc3ncnc(Nc4ccc(N5CCN(C)CC5)cc4)c3C(=O)N3CCOCC3)cc(F)c2[nH]1.Cc1cc2c(F)c(Oc3ncnc(Nc4ccc(N5CCNCC5)cc4)c3C(=O)N3CCOCC3)cc(F)c2[nH]1. The standard InChI is InChI=1S/C30H33F2N7O3.C29H31F2N7O3.C28H29F2N7O3/c1-3-37-8-10-38(11-9-37)21-6-4-20(5-7-21)36-28-25(30(40)39-12-14-41-15-13-39)29(34-18-33-28)42-24-17-23(31)27-22(26(24)32)16-19(2)35-27;1-18-15-21-25(31)23(16-22(30)26(21)34-18)41-28-24(29(39)38-11-13-40-14-12-38)27(32-17-33-28)35-19-3-5-20(6-4-19)37-9-7-36(2)8-10-37;1-17-14-20-24(30)22(15-21(29)25(20)34-17)40-27-23(28(38)37-10-12-39-13-11-37)26(32-16-33-27)35-18-2-4-19(5-3-18)36-8-6-31-7-9-36/h4-7,16-18,35H,3,8-15H2,1-2H3,(H,33,34,36);3-6,15-17,34H,7-14H2,1-2H3,(H,32,33,35);2-5,14-16,31,34H,6-13H2,1H3,(H,32,33,35). The van der Waals surface area contributed by atoms with Gasteiger partial charge in [-0.3, -0.25) is 14.4 Å². The lowest BCUT2D eigenvalue weighted by Gasteiger charge is -2.35. The molecular formula is C87H93F6N21O9. The van der Waals surface area contributed by atoms with Gasteiger partial charge < -0.3 is 104 Å². The predicted molar refractivity (Wildman–Crippen MR) is 454 cm³/mol. The second-order valence-electron chi connectivity index (χ2n) is 30.4. The molecule has 6 saturated heterocycles. The number of amides is 3. The second-order valence-corrected chi connectivity index (χ2v) is 30.4. The van der Waals surface area contributed by atoms with E-state index in [9.17, 15) is 27.6 Å². The Morgan fingerprint density at radius 2 is 0.683 bits per heavy atom. The first-order valence-electron chi connectivity index (χ1n) is 40.9. The fourth-order valence-electron chi connectivity index (χ4n) is 15.5. The number of likely N-dealkylation sites (N-methyl/N-ethyl adjacent to an activating group) is 2. The fraction of sp³-hybridized carbons (Fsp3) is 0.345. The molecule has 30 nitrogen and oxygen atoms in total. The number of hydrogen-bond acceptors (Lipinski definition) is 24. The summed E-state index contributed by atoms with van der Waals surface area (Å²) in [4.78, 5) is 91.7. The van der Waals surface area contributed by atoms with Crippen molar-refractivity contribution in [2.75, 3.05) is 202 Å². The summed E-state index contributed by atoms with van der Waals surface area (Å²) in [5.74, 6) is -6.66. The molecule has 0 unspecified atom stereocenters. The molecule has 6 aliphatic heterocycles. The van der Waals surface area contributed by atoms with E-state index in [0.717, 1.165) is 120 Å². The number of anilines is 9. The molecule has 6 aromatic heterocycles. The molecule has 0 bridgehead atoms. The predicted octanol–water partition coefficient (Wildman–Crippen LogP) is 13.0. The molecule has 642 valence electrons. The summed E-state index contributed by atoms with van der Waals surface area (Å²) in [5, 5.41) is 13.1. The third kappa shape index (κ3) is 18.9. The summed E-state index contributed by atoms with van der Waals surface area (Å²) in [7, 11) is 2.12. The van der Waals surface area contributed by atoms with E-state index in [1.807, 2.05) is 72.8 Å². The van der Waals surface area contributed by atoms with Crippen molar-refractivity contribution in [2.24, 2.45) is 0 Å². The Morgan fingerprint density at radius 3 is 0.984 bits per heavy atom. The minimum atomic E-state index is -0.762. The first-order valence-corrected chi connectivity index (χ1v) is 40.9. The molecule has 7 N–H and O–H groups in total. The number of aromatic nitrogens is 9. The Balaban J connectivity index is 0.000000137. The van der Waals surface area contributed by atoms with Crippen LogP contribution in [0, 0.1) is 55.7 Å². The fourth-order valence-corrected chi connectivity index (χ4v) is 15.5. The summed E-state index contributed by atoms with van der Waals surface area (Å²) in [6, 6.07) is 30.9. The zero-order valence-corrected chi connectivity index (χ0v) is 68.5. The minimum Gasteiger partial charge on any atom is -0.435 e. The molecule has 0 aliphatic carbocycles. The first-order chi connectivity index (χ1) is 59.7. The third-order valence-electron chi connectivity index (χ3n) is 22.2. The third-order valence-corrected chi connectivity index (χ3v) is 22.2. The van der Waals surface area contributed by atoms with Gasteiger partial charge in [-0.05, 0) is 125 Å². The second kappa shape index (κ2) is 37.6. The molecule has 123 heavy (non-hydrogen) atoms. The number of fused-ring (bicyclic) bond motifs is 3. The number of ether oxygens (including phenoxy) is 6. The number of halogens is 6. The summed E-state index contributed by atoms with van der Waals surface area (Å²) in [5.41, 5.74) is 7.39. The van der Waals surface area contributed by atoms with Gasteiger partial charge in [-0.2, -0.15) is 0 Å². The zero-order valence-electron chi connectivity index (χ0n) is 68.5. The van der Waals surface area contributed by atoms with Crippen LogP contribution in [0.1, 0.15) is 55.1 Å². The Morgan fingerprint density at radius 1 is 0.390 bits per heavy atom. The summed E-state index contributed by atoms with van der Waals surface area (Å²) < 4.78 is 124. The smallest absolute Gasteiger partial charge is 0.263 e. The molecule has 6 fully saturated rings. The number of aryl methyl sites for hydroxylation is 3. The quantitative estimate of drug-likeness (QED) is 0.0370. The van der Waals surface area contributed by atoms with Gasteiger partial charge in [0.2, 0.25) is 17.6 Å². The maximum atomic E-state index is 15.4. The van der Waals surface area contributed by atoms with Crippen LogP contribution in [-0.2, 0) is 14.2 Å². The monoisotopic (exact) mass is 1690 g/mol. The molecular weight excluding hydrogens is 1600 g/mol. The van der Waals surface area contributed by atoms with Gasteiger partial charge in [0, 0.05) is 203 Å². The maximum Gasteiger partial charge on any atom is 0.263 e. The van der Waals surface area contributed by atoms with E-state index in [-0.39, 0.29) is 102 Å². The van der Waals surface area contributed by atoms with E-state index < -0.39 is 52.6 Å². The maximum absolute atomic E-state index is 15.4. The van der Waals surface area contributed by atoms with Gasteiger partial charge in [-0.15, -0.1) is 0 Å². The van der Waals surface area contributed by atoms with Crippen molar-refractivity contribution < 1.29 is 69.1 Å². The van der Waals surface area contributed by atoms with Gasteiger partial charge in [-0.1, -0.05) is 6.92 Å². The molecule has 0 atom stereocenters. The highest BCUT2D eigenvalue weighted by atomic mass is 19.1. The largest absolute Gasteiger partial charge is 0.435 e. The number of aromatic amines is 3. The molecule has 0 radical (unpaired) electrons. The van der Waals surface area contributed by atoms with Crippen LogP contribution in [0.15, 0.2) is 128 Å². The Hall–Kier alpha value is -12.9. The van der Waals surface area contributed by atoms with Crippen molar-refractivity contribution in [2.45, 2.75) is 27.7 Å². The van der Waals surface area contributed by atoms with E-state index in [0.29, 0.717) is 113 Å². The topological polar surface area (TPSA) is 305 Å². The number of benzene rings is 6. The van der Waals surface area contributed by atoms with Crippen molar-refractivity contribution in [3.63, 3.8) is 0 Å². The van der Waals surface area contributed by atoms with E-state index >= 15 is 13.2 Å². The molecule has 0 saturated carbocycles. The van der Waals surface area contributed by atoms with E-state index in [4.69, 9.17) is 28.4 Å². The molecule has 6 aliphatic rings. The van der Waals surface area contributed by atoms with Crippen LogP contribution in [0.2, 0.25) is 0 Å². The van der Waals surface area contributed by atoms with Crippen molar-refractivity contribution in [3.8, 4) is 34.9 Å². The van der Waals surface area contributed by atoms with Crippen LogP contribution < -0.4 is 50.2 Å². The number of hydrogen-bond donors (Lipinski definition) is 7. The first kappa shape index (κ1) is 83.8. The molecule has 36 heteroatoms. The highest BCUT2D eigenvalue weighted by Gasteiger charge is 2.34. The summed E-state index contributed by atoms with van der Waals surface area (Å²) in [6.45, 7) is 24.4. The Kier molecular flexibility index (Phi) is 25.6. The average Bonchev–Trinajstić information content (AvgIpc) is 1.77. The zero-order chi connectivity index (χ0) is 85.4. The normalized spacial score (nSPS) is 16.1. The Bertz CT molecular complexity index is 5790. The highest BCUT2D eigenvalue weighted by Crippen LogP contribution is 2.41. The summed E-state index contributed by atoms with van der Waals surface area (Å²) in [6.07, 6.45) is 3.66. The van der Waals surface area contributed by atoms with E-state index in [1.165, 1.54) is 37.2 Å². The molecule has 0 spiro atoms. The van der Waals surface area contributed by atoms with Gasteiger partial charge in [-0.25, -0.2) is 56.2 Å². The number of nitrogens with one attached hydrogen (secondary N) is 7. The van der Waals surface area contributed by atoms with Crippen LogP contribution in [0.3, 0.4) is 0 Å². The number of H-pyrrole nitrogens is 3. The van der Waals surface area contributed by atoms with Crippen molar-refractivity contribution >= 4 is 102 Å². The molecule has 6 aromatic carbocycles. The average molecular weight is 1690 g/mol. The van der Waals surface area contributed by atoms with Gasteiger partial charge in [0.1, 0.15) is 35.7 Å². The highest BCUT2D eigenvalue weighted by molar-refractivity contribution is 6.04. The van der Waals surface area contributed by atoms with Crippen LogP contribution in [0.4, 0.5) is 77.9 Å². The molecule has 18 rings (SSSR count). The van der Waals surface area contributed by atoms with Crippen molar-refractivity contribution in [1.29, 1.82) is 0 Å². The number of carbonyl (C=O) groups is 3. The molecule has 12 aromatic rings. The van der Waals surface area contributed by atoms with Crippen molar-refractivity contribution in [3.05, 3.63) is 197 Å². The van der Waals surface area contributed by atoms with Crippen molar-refractivity contribution in [1.82, 2.24) is 74.7 Å². The lowest BCUT2D eigenvalue weighted by atomic mass is 10.2. The lowest BCUT2D eigenvalue weighted by molar-refractivity contribution is 0.0299. The van der Waals surface area contributed by atoms with Crippen LogP contribution in [0.5, 0.6) is 34.9 Å². The number of rotatable bonds is 19. The van der Waals surface area contributed by atoms with Crippen LogP contribution >= 0.6 is 0 Å². The summed E-state index contributed by atoms with van der Waals surface area (Å²) >= 11 is 0. The van der Waals surface area contributed by atoms with Gasteiger partial charge >= 0.3 is 0 Å². The minimum absolute atomic E-state index is 0.0146. The number of carbonyl (C=O) groups excluding carboxylic acids is 3. The van der Waals surface area contributed by atoms with Gasteiger partial charge in [0.05, 0.1) is 56.2 Å². The van der Waals surface area contributed by atoms with Gasteiger partial charge in [0.15, 0.2) is 69.6 Å². The van der Waals surface area contributed by atoms with E-state index in [1.54, 1.807) is 35.5 Å². The number of piperazine rings is 3. The van der Waals surface area contributed by atoms with Crippen LogP contribution in [0.25, 0.3) is 32.7 Å². The van der Waals surface area contributed by atoms with Gasteiger partial charge in [0.25, 0.3) is 17.7 Å².